The second-order valence-corrected chi connectivity index (χ2v) is 4.63. The van der Waals surface area contributed by atoms with Gasteiger partial charge in [0.15, 0.2) is 17.2 Å². The van der Waals surface area contributed by atoms with E-state index < -0.39 is 34.4 Å². The Morgan fingerprint density at radius 3 is 1.86 bits per heavy atom. The summed E-state index contributed by atoms with van der Waals surface area (Å²) in [5, 5.41) is 55.6. The van der Waals surface area contributed by atoms with E-state index in [4.69, 9.17) is 11.7 Å². The smallest absolute Gasteiger partial charge is 0.237 e. The van der Waals surface area contributed by atoms with Crippen molar-refractivity contribution in [2.75, 3.05) is 31.2 Å². The highest BCUT2D eigenvalue weighted by molar-refractivity contribution is 5.99. The molecule has 0 atom stereocenters. The predicted octanol–water partition coefficient (Wildman–Crippen LogP) is -1.97. The molecule has 1 aliphatic heterocycles. The fourth-order valence-corrected chi connectivity index (χ4v) is 2.16. The number of hydrazine groups is 1. The van der Waals surface area contributed by atoms with Crippen LogP contribution in [0, 0.1) is 0 Å². The number of hydrogen-bond acceptors (Lipinski definition) is 9. The standard InChI is InChI=1S/C11H18N6O5/c12-15-11(16-3-1-14-2-4-16)17(13)5-6(18)8(20)10(22)9(21)7(5)19/h14,18-22H,1-4,12-13H2/b15-11-. The van der Waals surface area contributed by atoms with E-state index in [0.717, 1.165) is 5.01 Å². The van der Waals surface area contributed by atoms with Crippen molar-refractivity contribution in [1.29, 1.82) is 0 Å². The van der Waals surface area contributed by atoms with E-state index in [1.54, 1.807) is 4.90 Å². The van der Waals surface area contributed by atoms with Crippen LogP contribution in [-0.4, -0.2) is 62.6 Å². The second-order valence-electron chi connectivity index (χ2n) is 4.63. The summed E-state index contributed by atoms with van der Waals surface area (Å²) >= 11 is 0. The van der Waals surface area contributed by atoms with Gasteiger partial charge in [0, 0.05) is 26.2 Å². The van der Waals surface area contributed by atoms with E-state index >= 15 is 0 Å². The number of piperazine rings is 1. The number of nitrogens with two attached hydrogens (primary N) is 2. The van der Waals surface area contributed by atoms with Crippen LogP contribution >= 0.6 is 0 Å². The Hall–Kier alpha value is -2.79. The van der Waals surface area contributed by atoms with Gasteiger partial charge >= 0.3 is 0 Å². The van der Waals surface area contributed by atoms with Gasteiger partial charge in [-0.25, -0.2) is 10.9 Å². The van der Waals surface area contributed by atoms with Crippen molar-refractivity contribution < 1.29 is 25.5 Å². The summed E-state index contributed by atoms with van der Waals surface area (Å²) in [4.78, 5) is 1.68. The van der Waals surface area contributed by atoms with Crippen LogP contribution in [-0.2, 0) is 0 Å². The largest absolute Gasteiger partial charge is 0.503 e. The Morgan fingerprint density at radius 1 is 0.955 bits per heavy atom. The van der Waals surface area contributed by atoms with Gasteiger partial charge in [0.2, 0.25) is 23.2 Å². The summed E-state index contributed by atoms with van der Waals surface area (Å²) in [5.74, 6) is 6.14. The molecule has 1 heterocycles. The average Bonchev–Trinajstić information content (AvgIpc) is 2.53. The number of guanidine groups is 1. The number of hydrogen-bond donors (Lipinski definition) is 8. The molecular formula is C11H18N6O5. The lowest BCUT2D eigenvalue weighted by Gasteiger charge is -2.34. The SMILES string of the molecule is N/N=C(/N1CCNCC1)N(N)c1c(O)c(O)c(O)c(O)c1O. The summed E-state index contributed by atoms with van der Waals surface area (Å²) in [6, 6.07) is 0. The molecule has 22 heavy (non-hydrogen) atoms. The Bertz CT molecular complexity index is 572. The number of phenolic OH excluding ortho intramolecular Hbond substituents is 5. The molecular weight excluding hydrogens is 296 g/mol. The summed E-state index contributed by atoms with van der Waals surface area (Å²) in [5.41, 5.74) is -0.546. The average molecular weight is 314 g/mol. The summed E-state index contributed by atoms with van der Waals surface area (Å²) < 4.78 is 0. The maximum Gasteiger partial charge on any atom is 0.237 e. The molecule has 0 spiro atoms. The summed E-state index contributed by atoms with van der Waals surface area (Å²) in [7, 11) is 0. The van der Waals surface area contributed by atoms with Crippen molar-refractivity contribution in [3.63, 3.8) is 0 Å². The molecule has 1 aromatic carbocycles. The minimum atomic E-state index is -1.07. The van der Waals surface area contributed by atoms with Gasteiger partial charge in [-0.1, -0.05) is 0 Å². The molecule has 1 fully saturated rings. The van der Waals surface area contributed by atoms with Gasteiger partial charge in [-0.3, -0.25) is 0 Å². The predicted molar refractivity (Wildman–Crippen MR) is 77.5 cm³/mol. The molecule has 11 nitrogen and oxygen atoms in total. The van der Waals surface area contributed by atoms with Crippen molar-refractivity contribution >= 4 is 11.6 Å². The Morgan fingerprint density at radius 2 is 1.41 bits per heavy atom. The lowest BCUT2D eigenvalue weighted by molar-refractivity contribution is 0.327. The zero-order valence-electron chi connectivity index (χ0n) is 11.6. The Labute approximate surface area is 125 Å². The quantitative estimate of drug-likeness (QED) is 0.0722. The minimum Gasteiger partial charge on any atom is -0.503 e. The number of aromatic hydroxyl groups is 5. The highest BCUT2D eigenvalue weighted by Gasteiger charge is 2.30. The highest BCUT2D eigenvalue weighted by atomic mass is 16.4. The van der Waals surface area contributed by atoms with Crippen molar-refractivity contribution in [2.45, 2.75) is 0 Å². The molecule has 10 N–H and O–H groups in total. The van der Waals surface area contributed by atoms with Gasteiger partial charge in [-0.2, -0.15) is 0 Å². The van der Waals surface area contributed by atoms with E-state index in [9.17, 15) is 25.5 Å². The fourth-order valence-electron chi connectivity index (χ4n) is 2.16. The van der Waals surface area contributed by atoms with Crippen LogP contribution in [0.4, 0.5) is 5.69 Å². The normalized spacial score (nSPS) is 15.9. The molecule has 0 aliphatic carbocycles. The number of nitrogens with one attached hydrogen (secondary N) is 1. The third-order valence-corrected chi connectivity index (χ3v) is 3.32. The van der Waals surface area contributed by atoms with E-state index in [1.807, 2.05) is 0 Å². The minimum absolute atomic E-state index is 0.00316. The zero-order chi connectivity index (χ0) is 16.4. The fraction of sp³-hybridized carbons (Fsp3) is 0.364. The first-order chi connectivity index (χ1) is 10.4. The molecule has 0 bridgehead atoms. The number of benzene rings is 1. The van der Waals surface area contributed by atoms with Crippen LogP contribution in [0.15, 0.2) is 5.10 Å². The molecule has 0 radical (unpaired) electrons. The van der Waals surface area contributed by atoms with Gasteiger partial charge in [-0.05, 0) is 0 Å². The van der Waals surface area contributed by atoms with Crippen molar-refractivity contribution in [3.05, 3.63) is 0 Å². The molecule has 11 heteroatoms. The lowest BCUT2D eigenvalue weighted by Crippen LogP contribution is -2.55. The van der Waals surface area contributed by atoms with Gasteiger partial charge < -0.3 is 41.6 Å². The van der Waals surface area contributed by atoms with E-state index in [0.29, 0.717) is 26.2 Å². The van der Waals surface area contributed by atoms with Crippen molar-refractivity contribution in [1.82, 2.24) is 10.2 Å². The molecule has 2 rings (SSSR count). The number of phenols is 5. The molecule has 0 unspecified atom stereocenters. The van der Waals surface area contributed by atoms with Crippen LogP contribution in [0.1, 0.15) is 0 Å². The molecule has 1 aliphatic rings. The van der Waals surface area contributed by atoms with Crippen LogP contribution in [0.3, 0.4) is 0 Å². The van der Waals surface area contributed by atoms with Crippen LogP contribution in [0.5, 0.6) is 28.7 Å². The maximum absolute atomic E-state index is 9.87. The lowest BCUT2D eigenvalue weighted by atomic mass is 10.2. The summed E-state index contributed by atoms with van der Waals surface area (Å²) in [6.07, 6.45) is 0. The van der Waals surface area contributed by atoms with Crippen molar-refractivity contribution in [2.24, 2.45) is 16.8 Å². The van der Waals surface area contributed by atoms with Gasteiger partial charge in [0.05, 0.1) is 0 Å². The first-order valence-corrected chi connectivity index (χ1v) is 6.37. The third kappa shape index (κ3) is 2.42. The van der Waals surface area contributed by atoms with Gasteiger partial charge in [0.25, 0.3) is 0 Å². The second kappa shape index (κ2) is 5.91. The third-order valence-electron chi connectivity index (χ3n) is 3.32. The first kappa shape index (κ1) is 15.6. The number of anilines is 1. The molecule has 0 amide bonds. The number of hydrazone groups is 1. The zero-order valence-corrected chi connectivity index (χ0v) is 11.6. The molecule has 1 aromatic rings. The van der Waals surface area contributed by atoms with Crippen LogP contribution in [0.2, 0.25) is 0 Å². The van der Waals surface area contributed by atoms with E-state index in [1.165, 1.54) is 0 Å². The first-order valence-electron chi connectivity index (χ1n) is 6.37. The maximum atomic E-state index is 9.87. The highest BCUT2D eigenvalue weighted by Crippen LogP contribution is 2.54. The summed E-state index contributed by atoms with van der Waals surface area (Å²) in [6.45, 7) is 2.33. The monoisotopic (exact) mass is 314 g/mol. The molecule has 122 valence electrons. The van der Waals surface area contributed by atoms with E-state index in [2.05, 4.69) is 10.4 Å². The number of rotatable bonds is 1. The van der Waals surface area contributed by atoms with Gasteiger partial charge in [-0.15, -0.1) is 5.10 Å². The molecule has 0 saturated carbocycles. The Balaban J connectivity index is 2.46. The van der Waals surface area contributed by atoms with Crippen LogP contribution < -0.4 is 22.0 Å². The van der Waals surface area contributed by atoms with Crippen molar-refractivity contribution in [3.8, 4) is 28.7 Å². The van der Waals surface area contributed by atoms with Crippen LogP contribution in [0.25, 0.3) is 0 Å². The molecule has 1 saturated heterocycles. The van der Waals surface area contributed by atoms with E-state index in [-0.39, 0.29) is 5.96 Å². The number of nitrogens with zero attached hydrogens (tertiary/aromatic N) is 3. The van der Waals surface area contributed by atoms with Gasteiger partial charge in [0.1, 0.15) is 0 Å². The topological polar surface area (TPSA) is 184 Å². The molecule has 0 aromatic heterocycles. The Kier molecular flexibility index (Phi) is 4.19.